The number of Topliss-reactive ketones (excluding diaryl/α,β-unsaturated/α-hetero) is 1. The van der Waals surface area contributed by atoms with E-state index < -0.39 is 6.10 Å². The Balaban J connectivity index is 1.28. The molecule has 2 aliphatic rings. The number of aliphatic hydroxyl groups excluding tert-OH is 1. The summed E-state index contributed by atoms with van der Waals surface area (Å²) in [7, 11) is 0. The molecule has 0 spiro atoms. The summed E-state index contributed by atoms with van der Waals surface area (Å²) in [5.41, 5.74) is 3.16. The van der Waals surface area contributed by atoms with Gasteiger partial charge in [-0.2, -0.15) is 5.26 Å². The van der Waals surface area contributed by atoms with Gasteiger partial charge in [0.1, 0.15) is 17.8 Å². The van der Waals surface area contributed by atoms with Crippen LogP contribution in [0.5, 0.6) is 0 Å². The zero-order valence-corrected chi connectivity index (χ0v) is 19.3. The number of carbonyl (C=O) groups excluding carboxylic acids is 2. The van der Waals surface area contributed by atoms with E-state index in [1.54, 1.807) is 19.1 Å². The van der Waals surface area contributed by atoms with Crippen molar-refractivity contribution in [3.63, 3.8) is 0 Å². The van der Waals surface area contributed by atoms with Gasteiger partial charge in [-0.25, -0.2) is 9.97 Å². The van der Waals surface area contributed by atoms with Gasteiger partial charge in [0.2, 0.25) is 5.91 Å². The lowest BCUT2D eigenvalue weighted by Crippen LogP contribution is -2.44. The molecular formula is C25H30N6O3. The van der Waals surface area contributed by atoms with Crippen molar-refractivity contribution >= 4 is 17.5 Å². The third-order valence-corrected chi connectivity index (χ3v) is 6.71. The number of carbonyl (C=O) groups is 2. The summed E-state index contributed by atoms with van der Waals surface area (Å²) >= 11 is 0. The Labute approximate surface area is 199 Å². The number of nitrogens with one attached hydrogen (secondary N) is 2. The predicted octanol–water partition coefficient (Wildman–Crippen LogP) is 1.81. The molecule has 1 aromatic carbocycles. The predicted molar refractivity (Wildman–Crippen MR) is 126 cm³/mol. The third-order valence-electron chi connectivity index (χ3n) is 6.71. The van der Waals surface area contributed by atoms with Crippen molar-refractivity contribution in [1.29, 1.82) is 5.26 Å². The van der Waals surface area contributed by atoms with Crippen LogP contribution in [0, 0.1) is 11.3 Å². The fourth-order valence-electron chi connectivity index (χ4n) is 4.63. The standard InChI is InChI=1S/C25H30N6O3/c1-16(32)31-8-6-20(7-9-31)30-25-12-22(28-15-29-25)24(34)5-4-23(33)21-11-18-3-2-17(13-26)10-19(18)14-27-21/h2-3,10,12,15,20-21,23,27,33H,4-9,11,14H2,1H3,(H,28,29,30)/t21-,23+/m0/s1. The lowest BCUT2D eigenvalue weighted by atomic mass is 9.90. The summed E-state index contributed by atoms with van der Waals surface area (Å²) in [5, 5.41) is 26.4. The minimum atomic E-state index is -0.668. The minimum Gasteiger partial charge on any atom is -0.391 e. The molecule has 1 saturated heterocycles. The number of piperidine rings is 1. The number of fused-ring (bicyclic) bond motifs is 1. The fourth-order valence-corrected chi connectivity index (χ4v) is 4.63. The first-order valence-electron chi connectivity index (χ1n) is 11.7. The van der Waals surface area contributed by atoms with Crippen LogP contribution in [0.25, 0.3) is 0 Å². The molecule has 0 radical (unpaired) electrons. The molecule has 178 valence electrons. The van der Waals surface area contributed by atoms with E-state index in [0.717, 1.165) is 24.0 Å². The van der Waals surface area contributed by atoms with E-state index in [1.165, 1.54) is 6.33 Å². The van der Waals surface area contributed by atoms with Crippen LogP contribution in [0.3, 0.4) is 0 Å². The number of likely N-dealkylation sites (tertiary alicyclic amines) is 1. The first kappa shape index (κ1) is 23.8. The van der Waals surface area contributed by atoms with E-state index in [2.05, 4.69) is 26.7 Å². The normalized spacial score (nSPS) is 19.1. The topological polar surface area (TPSA) is 131 Å². The number of aliphatic hydroxyl groups is 1. The molecule has 9 nitrogen and oxygen atoms in total. The molecule has 2 aromatic rings. The first-order valence-corrected chi connectivity index (χ1v) is 11.7. The van der Waals surface area contributed by atoms with Gasteiger partial charge in [0.25, 0.3) is 0 Å². The second kappa shape index (κ2) is 10.7. The lowest BCUT2D eigenvalue weighted by molar-refractivity contribution is -0.129. The highest BCUT2D eigenvalue weighted by Gasteiger charge is 2.26. The zero-order chi connectivity index (χ0) is 24.1. The highest BCUT2D eigenvalue weighted by atomic mass is 16.3. The van der Waals surface area contributed by atoms with E-state index in [9.17, 15) is 14.7 Å². The zero-order valence-electron chi connectivity index (χ0n) is 19.3. The van der Waals surface area contributed by atoms with Gasteiger partial charge in [0.05, 0.1) is 17.7 Å². The highest BCUT2D eigenvalue weighted by Crippen LogP contribution is 2.22. The summed E-state index contributed by atoms with van der Waals surface area (Å²) in [6.45, 7) is 3.59. The average molecular weight is 463 g/mol. The van der Waals surface area contributed by atoms with Crippen LogP contribution in [0.1, 0.15) is 59.8 Å². The Bertz CT molecular complexity index is 1090. The van der Waals surface area contributed by atoms with Crippen molar-refractivity contribution in [3.8, 4) is 6.07 Å². The molecule has 0 aliphatic carbocycles. The van der Waals surface area contributed by atoms with Gasteiger partial charge in [0.15, 0.2) is 5.78 Å². The molecule has 1 amide bonds. The van der Waals surface area contributed by atoms with E-state index in [-0.39, 0.29) is 30.2 Å². The molecule has 1 fully saturated rings. The number of ketones is 1. The number of anilines is 1. The second-order valence-electron chi connectivity index (χ2n) is 9.03. The maximum atomic E-state index is 12.7. The molecule has 2 aliphatic heterocycles. The number of rotatable bonds is 7. The average Bonchev–Trinajstić information content (AvgIpc) is 2.86. The van der Waals surface area contributed by atoms with Gasteiger partial charge in [-0.15, -0.1) is 0 Å². The molecule has 1 aromatic heterocycles. The first-order chi connectivity index (χ1) is 16.4. The lowest BCUT2D eigenvalue weighted by Gasteiger charge is -2.31. The molecule has 0 saturated carbocycles. The molecule has 34 heavy (non-hydrogen) atoms. The second-order valence-corrected chi connectivity index (χ2v) is 9.03. The maximum absolute atomic E-state index is 12.7. The SMILES string of the molecule is CC(=O)N1CCC(Nc2cc(C(=O)CC[C@@H](O)[C@@H]3Cc4ccc(C#N)cc4CN3)ncn2)CC1. The Morgan fingerprint density at radius 3 is 2.79 bits per heavy atom. The summed E-state index contributed by atoms with van der Waals surface area (Å²) < 4.78 is 0. The van der Waals surface area contributed by atoms with Crippen LogP contribution in [-0.2, 0) is 17.8 Å². The fraction of sp³-hybridized carbons (Fsp3) is 0.480. The van der Waals surface area contributed by atoms with Gasteiger partial charge in [-0.1, -0.05) is 6.07 Å². The van der Waals surface area contributed by atoms with Crippen LogP contribution < -0.4 is 10.6 Å². The Morgan fingerprint density at radius 1 is 1.26 bits per heavy atom. The van der Waals surface area contributed by atoms with Gasteiger partial charge in [-0.05, 0) is 48.9 Å². The van der Waals surface area contributed by atoms with Crippen molar-refractivity contribution in [1.82, 2.24) is 20.2 Å². The van der Waals surface area contributed by atoms with Crippen LogP contribution in [0.15, 0.2) is 30.6 Å². The quantitative estimate of drug-likeness (QED) is 0.531. The van der Waals surface area contributed by atoms with Crippen molar-refractivity contribution < 1.29 is 14.7 Å². The molecule has 3 heterocycles. The van der Waals surface area contributed by atoms with Crippen LogP contribution in [0.4, 0.5) is 5.82 Å². The Kier molecular flexibility index (Phi) is 7.50. The number of nitriles is 1. The monoisotopic (exact) mass is 462 g/mol. The molecule has 0 bridgehead atoms. The van der Waals surface area contributed by atoms with Crippen molar-refractivity contribution in [2.24, 2.45) is 0 Å². The number of amides is 1. The summed E-state index contributed by atoms with van der Waals surface area (Å²) in [5.74, 6) is 0.560. The van der Waals surface area contributed by atoms with Crippen LogP contribution in [-0.4, -0.2) is 62.9 Å². The summed E-state index contributed by atoms with van der Waals surface area (Å²) in [4.78, 5) is 34.4. The largest absolute Gasteiger partial charge is 0.391 e. The molecule has 4 rings (SSSR count). The Hall–Kier alpha value is -3.35. The van der Waals surface area contributed by atoms with Gasteiger partial charge < -0.3 is 20.6 Å². The van der Waals surface area contributed by atoms with Gasteiger partial charge in [-0.3, -0.25) is 9.59 Å². The smallest absolute Gasteiger partial charge is 0.219 e. The van der Waals surface area contributed by atoms with Crippen molar-refractivity contribution in [2.45, 2.75) is 63.8 Å². The number of aromatic nitrogens is 2. The van der Waals surface area contributed by atoms with Crippen LogP contribution >= 0.6 is 0 Å². The third kappa shape index (κ3) is 5.76. The van der Waals surface area contributed by atoms with E-state index in [0.29, 0.717) is 49.6 Å². The number of hydrogen-bond donors (Lipinski definition) is 3. The van der Waals surface area contributed by atoms with Gasteiger partial charge >= 0.3 is 0 Å². The molecule has 3 N–H and O–H groups in total. The minimum absolute atomic E-state index is 0.0938. The number of hydrogen-bond acceptors (Lipinski definition) is 8. The molecule has 2 atom stereocenters. The molecule has 0 unspecified atom stereocenters. The van der Waals surface area contributed by atoms with Crippen molar-refractivity contribution in [3.05, 3.63) is 53.0 Å². The summed E-state index contributed by atoms with van der Waals surface area (Å²) in [6, 6.07) is 9.48. The van der Waals surface area contributed by atoms with E-state index in [4.69, 9.17) is 5.26 Å². The van der Waals surface area contributed by atoms with E-state index in [1.807, 2.05) is 17.0 Å². The van der Waals surface area contributed by atoms with Crippen molar-refractivity contribution in [2.75, 3.05) is 18.4 Å². The molecular weight excluding hydrogens is 432 g/mol. The van der Waals surface area contributed by atoms with Gasteiger partial charge in [0, 0.05) is 51.1 Å². The van der Waals surface area contributed by atoms with E-state index >= 15 is 0 Å². The Morgan fingerprint density at radius 2 is 2.06 bits per heavy atom. The highest BCUT2D eigenvalue weighted by molar-refractivity contribution is 5.94. The van der Waals surface area contributed by atoms with Crippen LogP contribution in [0.2, 0.25) is 0 Å². The maximum Gasteiger partial charge on any atom is 0.219 e. The summed E-state index contributed by atoms with van der Waals surface area (Å²) in [6.07, 6.45) is 3.54. The number of nitrogens with zero attached hydrogens (tertiary/aromatic N) is 4. The molecule has 9 heteroatoms. The number of benzene rings is 1.